The van der Waals surface area contributed by atoms with Crippen LogP contribution in [0.4, 0.5) is 5.82 Å². The van der Waals surface area contributed by atoms with Gasteiger partial charge in [0.05, 0.1) is 36.7 Å². The van der Waals surface area contributed by atoms with Gasteiger partial charge in [-0.25, -0.2) is 14.5 Å². The highest BCUT2D eigenvalue weighted by atomic mass is 16.5. The SMILES string of the molecule is Cc1c(-c2[nH]c3cnc(N4CCC(NC5COC5)CC4)c(C)c3c2C(C)C)cn2ncnc2c1C. The van der Waals surface area contributed by atoms with Crippen molar-refractivity contribution in [2.24, 2.45) is 0 Å². The molecule has 0 aromatic carbocycles. The summed E-state index contributed by atoms with van der Waals surface area (Å²) in [6, 6.07) is 1.12. The minimum Gasteiger partial charge on any atom is -0.378 e. The zero-order valence-corrected chi connectivity index (χ0v) is 21.4. The number of nitrogens with one attached hydrogen (secondary N) is 2. The van der Waals surface area contributed by atoms with Crippen LogP contribution in [0.25, 0.3) is 27.8 Å². The molecular weight excluding hydrogens is 438 g/mol. The van der Waals surface area contributed by atoms with Crippen molar-refractivity contribution in [2.45, 2.75) is 65.5 Å². The lowest BCUT2D eigenvalue weighted by molar-refractivity contribution is -0.0111. The second-order valence-electron chi connectivity index (χ2n) is 10.5. The van der Waals surface area contributed by atoms with Gasteiger partial charge in [0.25, 0.3) is 0 Å². The highest BCUT2D eigenvalue weighted by Gasteiger charge is 2.28. The molecular formula is C27H35N7O. The van der Waals surface area contributed by atoms with Crippen molar-refractivity contribution in [1.82, 2.24) is 29.9 Å². The van der Waals surface area contributed by atoms with E-state index in [0.29, 0.717) is 18.0 Å². The van der Waals surface area contributed by atoms with E-state index in [9.17, 15) is 0 Å². The van der Waals surface area contributed by atoms with Crippen LogP contribution in [-0.2, 0) is 4.74 Å². The Hall–Kier alpha value is -2.97. The van der Waals surface area contributed by atoms with E-state index in [2.05, 4.69) is 66.1 Å². The maximum absolute atomic E-state index is 5.32. The summed E-state index contributed by atoms with van der Waals surface area (Å²) in [5, 5.41) is 9.48. The molecule has 6 heterocycles. The number of aromatic nitrogens is 5. The van der Waals surface area contributed by atoms with Crippen LogP contribution < -0.4 is 10.2 Å². The normalized spacial score (nSPS) is 17.7. The van der Waals surface area contributed by atoms with Crippen molar-refractivity contribution in [3.8, 4) is 11.3 Å². The number of H-pyrrole nitrogens is 1. The molecule has 0 amide bonds. The molecule has 0 bridgehead atoms. The van der Waals surface area contributed by atoms with Gasteiger partial charge in [-0.15, -0.1) is 0 Å². The van der Waals surface area contributed by atoms with E-state index >= 15 is 0 Å². The second-order valence-corrected chi connectivity index (χ2v) is 10.5. The molecule has 2 saturated heterocycles. The minimum absolute atomic E-state index is 0.360. The maximum atomic E-state index is 5.32. The maximum Gasteiger partial charge on any atom is 0.158 e. The van der Waals surface area contributed by atoms with Crippen molar-refractivity contribution in [1.29, 1.82) is 0 Å². The summed E-state index contributed by atoms with van der Waals surface area (Å²) in [5.74, 6) is 1.48. The number of piperidine rings is 1. The van der Waals surface area contributed by atoms with Crippen LogP contribution in [0.5, 0.6) is 0 Å². The molecule has 0 spiro atoms. The van der Waals surface area contributed by atoms with Crippen molar-refractivity contribution in [3.63, 3.8) is 0 Å². The Morgan fingerprint density at radius 2 is 1.80 bits per heavy atom. The monoisotopic (exact) mass is 473 g/mol. The zero-order valence-electron chi connectivity index (χ0n) is 21.4. The van der Waals surface area contributed by atoms with Crippen LogP contribution in [0, 0.1) is 20.8 Å². The lowest BCUT2D eigenvalue weighted by Gasteiger charge is -2.37. The summed E-state index contributed by atoms with van der Waals surface area (Å²) in [6.07, 6.45) is 8.04. The number of nitrogens with zero attached hydrogens (tertiary/aromatic N) is 5. The third-order valence-electron chi connectivity index (χ3n) is 7.97. The number of rotatable bonds is 5. The molecule has 0 atom stereocenters. The van der Waals surface area contributed by atoms with E-state index < -0.39 is 0 Å². The first-order valence-electron chi connectivity index (χ1n) is 12.8. The number of fused-ring (bicyclic) bond motifs is 2. The highest BCUT2D eigenvalue weighted by molar-refractivity contribution is 5.96. The third-order valence-corrected chi connectivity index (χ3v) is 7.97. The van der Waals surface area contributed by atoms with Crippen LogP contribution in [0.1, 0.15) is 54.9 Å². The fourth-order valence-corrected chi connectivity index (χ4v) is 5.86. The number of aryl methyl sites for hydroxylation is 2. The van der Waals surface area contributed by atoms with Crippen LogP contribution in [-0.4, -0.2) is 63.0 Å². The molecule has 6 rings (SSSR count). The van der Waals surface area contributed by atoms with Gasteiger partial charge in [0.15, 0.2) is 5.65 Å². The zero-order chi connectivity index (χ0) is 24.3. The minimum atomic E-state index is 0.360. The van der Waals surface area contributed by atoms with E-state index in [1.165, 1.54) is 33.3 Å². The summed E-state index contributed by atoms with van der Waals surface area (Å²) in [6.45, 7) is 14.9. The van der Waals surface area contributed by atoms with Crippen LogP contribution in [0.15, 0.2) is 18.7 Å². The molecule has 0 unspecified atom stereocenters. The summed E-state index contributed by atoms with van der Waals surface area (Å²) < 4.78 is 7.21. The van der Waals surface area contributed by atoms with Gasteiger partial charge >= 0.3 is 0 Å². The predicted molar refractivity (Wildman–Crippen MR) is 139 cm³/mol. The lowest BCUT2D eigenvalue weighted by Crippen LogP contribution is -2.53. The van der Waals surface area contributed by atoms with Gasteiger partial charge in [0, 0.05) is 41.8 Å². The third kappa shape index (κ3) is 3.70. The first-order chi connectivity index (χ1) is 16.9. The molecule has 0 saturated carbocycles. The number of hydrogen-bond donors (Lipinski definition) is 2. The molecule has 0 aliphatic carbocycles. The molecule has 2 aliphatic rings. The lowest BCUT2D eigenvalue weighted by atomic mass is 9.92. The van der Waals surface area contributed by atoms with E-state index in [1.54, 1.807) is 6.33 Å². The Balaban J connectivity index is 1.39. The standard InChI is InChI=1S/C27H35N7O/c1-15(2)23-24-18(5)26(33-8-6-19(7-9-33)31-20-12-35-13-20)28-10-22(24)32-25(23)21-11-34-27(29-14-30-34)17(4)16(21)3/h10-11,14-15,19-20,31-32H,6-9,12-13H2,1-5H3. The Labute approximate surface area is 206 Å². The van der Waals surface area contributed by atoms with Gasteiger partial charge in [-0.3, -0.25) is 0 Å². The molecule has 2 fully saturated rings. The van der Waals surface area contributed by atoms with E-state index in [1.807, 2.05) is 10.7 Å². The summed E-state index contributed by atoms with van der Waals surface area (Å²) >= 11 is 0. The smallest absolute Gasteiger partial charge is 0.158 e. The van der Waals surface area contributed by atoms with Crippen LogP contribution in [0.3, 0.4) is 0 Å². The Morgan fingerprint density at radius 3 is 2.49 bits per heavy atom. The summed E-state index contributed by atoms with van der Waals surface area (Å²) in [4.78, 5) is 15.6. The molecule has 4 aromatic heterocycles. The van der Waals surface area contributed by atoms with Gasteiger partial charge in [-0.2, -0.15) is 5.10 Å². The number of aromatic amines is 1. The van der Waals surface area contributed by atoms with E-state index in [4.69, 9.17) is 9.72 Å². The fourth-order valence-electron chi connectivity index (χ4n) is 5.86. The van der Waals surface area contributed by atoms with Gasteiger partial charge in [0.1, 0.15) is 12.1 Å². The Morgan fingerprint density at radius 1 is 1.03 bits per heavy atom. The molecule has 2 aliphatic heterocycles. The van der Waals surface area contributed by atoms with Crippen molar-refractivity contribution >= 4 is 22.4 Å². The number of ether oxygens (including phenoxy) is 1. The molecule has 4 aromatic rings. The van der Waals surface area contributed by atoms with Gasteiger partial charge in [-0.1, -0.05) is 13.8 Å². The first kappa shape index (κ1) is 22.5. The molecule has 2 N–H and O–H groups in total. The molecule has 8 heteroatoms. The average molecular weight is 474 g/mol. The molecule has 0 radical (unpaired) electrons. The second kappa shape index (κ2) is 8.60. The summed E-state index contributed by atoms with van der Waals surface area (Å²) in [7, 11) is 0. The van der Waals surface area contributed by atoms with Gasteiger partial charge in [0.2, 0.25) is 0 Å². The predicted octanol–water partition coefficient (Wildman–Crippen LogP) is 4.28. The quantitative estimate of drug-likeness (QED) is 0.450. The van der Waals surface area contributed by atoms with E-state index in [0.717, 1.165) is 61.7 Å². The fraction of sp³-hybridized carbons (Fsp3) is 0.519. The largest absolute Gasteiger partial charge is 0.378 e. The van der Waals surface area contributed by atoms with Crippen molar-refractivity contribution in [2.75, 3.05) is 31.2 Å². The number of hydrogen-bond acceptors (Lipinski definition) is 6. The average Bonchev–Trinajstić information content (AvgIpc) is 3.45. The number of anilines is 1. The number of pyridine rings is 2. The summed E-state index contributed by atoms with van der Waals surface area (Å²) in [5.41, 5.74) is 9.37. The molecule has 35 heavy (non-hydrogen) atoms. The topological polar surface area (TPSA) is 83.4 Å². The van der Waals surface area contributed by atoms with Crippen LogP contribution >= 0.6 is 0 Å². The molecule has 8 nitrogen and oxygen atoms in total. The van der Waals surface area contributed by atoms with Crippen molar-refractivity contribution < 1.29 is 4.74 Å². The van der Waals surface area contributed by atoms with E-state index in [-0.39, 0.29) is 0 Å². The Kier molecular flexibility index (Phi) is 5.53. The van der Waals surface area contributed by atoms with Crippen molar-refractivity contribution in [3.05, 3.63) is 41.0 Å². The first-order valence-corrected chi connectivity index (χ1v) is 12.8. The molecule has 184 valence electrons. The highest BCUT2D eigenvalue weighted by Crippen LogP contribution is 2.41. The van der Waals surface area contributed by atoms with Gasteiger partial charge in [-0.05, 0) is 56.2 Å². The Bertz CT molecular complexity index is 1390. The van der Waals surface area contributed by atoms with Gasteiger partial charge < -0.3 is 19.9 Å². The van der Waals surface area contributed by atoms with Crippen LogP contribution in [0.2, 0.25) is 0 Å².